The summed E-state index contributed by atoms with van der Waals surface area (Å²) < 4.78 is 28.3. The highest BCUT2D eigenvalue weighted by atomic mass is 79.9. The van der Waals surface area contributed by atoms with Gasteiger partial charge >= 0.3 is 0 Å². The molecule has 0 saturated heterocycles. The van der Waals surface area contributed by atoms with Crippen molar-refractivity contribution < 1.29 is 8.78 Å². The fraction of sp³-hybridized carbons (Fsp3) is 0.250. The van der Waals surface area contributed by atoms with Gasteiger partial charge in [0.15, 0.2) is 0 Å². The van der Waals surface area contributed by atoms with Crippen molar-refractivity contribution in [1.29, 1.82) is 0 Å². The van der Waals surface area contributed by atoms with Crippen molar-refractivity contribution in [2.45, 2.75) is 13.0 Å². The zero-order chi connectivity index (χ0) is 15.4. The fourth-order valence-electron chi connectivity index (χ4n) is 2.43. The average molecular weight is 355 g/mol. The molecule has 1 unspecified atom stereocenters. The van der Waals surface area contributed by atoms with E-state index in [1.807, 2.05) is 11.8 Å². The van der Waals surface area contributed by atoms with E-state index in [2.05, 4.69) is 15.9 Å². The van der Waals surface area contributed by atoms with Crippen LogP contribution in [0, 0.1) is 11.6 Å². The minimum absolute atomic E-state index is 0.239. The smallest absolute Gasteiger partial charge is 0.129 e. The standard InChI is InChI=1S/C16H17BrF2N2/c1-2-21(13-5-3-4-12(18)9-13)16(10-20)14-7-6-11(17)8-15(14)19/h3-9,16H,2,10,20H2,1H3. The normalized spacial score (nSPS) is 12.2. The van der Waals surface area contributed by atoms with E-state index in [1.54, 1.807) is 24.3 Å². The van der Waals surface area contributed by atoms with Crippen LogP contribution in [0.2, 0.25) is 0 Å². The van der Waals surface area contributed by atoms with Gasteiger partial charge in [0.2, 0.25) is 0 Å². The summed E-state index contributed by atoms with van der Waals surface area (Å²) in [7, 11) is 0. The molecule has 0 fully saturated rings. The van der Waals surface area contributed by atoms with Crippen molar-refractivity contribution in [2.75, 3.05) is 18.0 Å². The average Bonchev–Trinajstić information content (AvgIpc) is 2.45. The van der Waals surface area contributed by atoms with Gasteiger partial charge in [0.05, 0.1) is 6.04 Å². The molecule has 2 aromatic rings. The molecule has 0 spiro atoms. The summed E-state index contributed by atoms with van der Waals surface area (Å²) in [5.41, 5.74) is 7.05. The maximum absolute atomic E-state index is 14.2. The van der Waals surface area contributed by atoms with Crippen LogP contribution < -0.4 is 10.6 Å². The molecule has 2 nitrogen and oxygen atoms in total. The number of nitrogens with zero attached hydrogens (tertiary/aromatic N) is 1. The molecule has 2 rings (SSSR count). The van der Waals surface area contributed by atoms with Crippen LogP contribution in [0.4, 0.5) is 14.5 Å². The summed E-state index contributed by atoms with van der Waals surface area (Å²) in [5, 5.41) is 0. The van der Waals surface area contributed by atoms with Gasteiger partial charge in [0.1, 0.15) is 11.6 Å². The summed E-state index contributed by atoms with van der Waals surface area (Å²) in [4.78, 5) is 1.90. The Morgan fingerprint density at radius 1 is 1.19 bits per heavy atom. The van der Waals surface area contributed by atoms with Gasteiger partial charge in [-0.25, -0.2) is 8.78 Å². The van der Waals surface area contributed by atoms with Crippen LogP contribution >= 0.6 is 15.9 Å². The van der Waals surface area contributed by atoms with E-state index in [9.17, 15) is 8.78 Å². The largest absolute Gasteiger partial charge is 0.363 e. The topological polar surface area (TPSA) is 29.3 Å². The molecule has 0 heterocycles. The predicted octanol–water partition coefficient (Wildman–Crippen LogP) is 4.25. The second kappa shape index (κ2) is 7.00. The van der Waals surface area contributed by atoms with Crippen LogP contribution in [0.1, 0.15) is 18.5 Å². The molecule has 2 aromatic carbocycles. The summed E-state index contributed by atoms with van der Waals surface area (Å²) in [6.07, 6.45) is 0. The molecule has 0 bridgehead atoms. The van der Waals surface area contributed by atoms with Crippen molar-refractivity contribution >= 4 is 21.6 Å². The second-order valence-corrected chi connectivity index (χ2v) is 5.60. The Morgan fingerprint density at radius 2 is 1.95 bits per heavy atom. The van der Waals surface area contributed by atoms with Crippen LogP contribution in [0.15, 0.2) is 46.9 Å². The zero-order valence-corrected chi connectivity index (χ0v) is 13.3. The van der Waals surface area contributed by atoms with Crippen LogP contribution in [-0.2, 0) is 0 Å². The third kappa shape index (κ3) is 3.60. The van der Waals surface area contributed by atoms with E-state index in [-0.39, 0.29) is 24.2 Å². The van der Waals surface area contributed by atoms with E-state index in [4.69, 9.17) is 5.73 Å². The number of rotatable bonds is 5. The second-order valence-electron chi connectivity index (χ2n) is 4.68. The molecule has 5 heteroatoms. The molecule has 0 aliphatic heterocycles. The highest BCUT2D eigenvalue weighted by Gasteiger charge is 2.21. The molecule has 0 radical (unpaired) electrons. The van der Waals surface area contributed by atoms with E-state index in [0.717, 1.165) is 0 Å². The highest BCUT2D eigenvalue weighted by Crippen LogP contribution is 2.29. The van der Waals surface area contributed by atoms with Crippen molar-refractivity contribution in [1.82, 2.24) is 0 Å². The predicted molar refractivity (Wildman–Crippen MR) is 85.3 cm³/mol. The molecule has 0 aliphatic rings. The lowest BCUT2D eigenvalue weighted by molar-refractivity contribution is 0.560. The van der Waals surface area contributed by atoms with Crippen LogP contribution in [-0.4, -0.2) is 13.1 Å². The number of nitrogens with two attached hydrogens (primary N) is 1. The monoisotopic (exact) mass is 354 g/mol. The number of benzene rings is 2. The first-order valence-corrected chi connectivity index (χ1v) is 7.53. The molecule has 112 valence electrons. The molecular formula is C16H17BrF2N2. The van der Waals surface area contributed by atoms with Crippen molar-refractivity contribution in [3.63, 3.8) is 0 Å². The first kappa shape index (κ1) is 15.9. The minimum Gasteiger partial charge on any atom is -0.363 e. The quantitative estimate of drug-likeness (QED) is 0.869. The third-order valence-corrected chi connectivity index (χ3v) is 3.89. The Labute approximate surface area is 131 Å². The number of likely N-dealkylation sites (N-methyl/N-ethyl adjacent to an activating group) is 1. The summed E-state index contributed by atoms with van der Waals surface area (Å²) >= 11 is 3.24. The lowest BCUT2D eigenvalue weighted by Gasteiger charge is -2.32. The molecule has 0 amide bonds. The molecule has 0 aromatic heterocycles. The number of hydrogen-bond acceptors (Lipinski definition) is 2. The van der Waals surface area contributed by atoms with Gasteiger partial charge in [-0.1, -0.05) is 28.1 Å². The number of anilines is 1. The van der Waals surface area contributed by atoms with E-state index < -0.39 is 0 Å². The fourth-order valence-corrected chi connectivity index (χ4v) is 2.76. The van der Waals surface area contributed by atoms with Crippen molar-refractivity contribution in [3.05, 3.63) is 64.1 Å². The molecule has 0 aliphatic carbocycles. The van der Waals surface area contributed by atoms with Gasteiger partial charge in [-0.05, 0) is 37.3 Å². The SMILES string of the molecule is CCN(c1cccc(F)c1)C(CN)c1ccc(Br)cc1F. The van der Waals surface area contributed by atoms with Gasteiger partial charge < -0.3 is 10.6 Å². The molecule has 2 N–H and O–H groups in total. The van der Waals surface area contributed by atoms with Gasteiger partial charge in [-0.2, -0.15) is 0 Å². The van der Waals surface area contributed by atoms with Gasteiger partial charge in [0.25, 0.3) is 0 Å². The van der Waals surface area contributed by atoms with Crippen molar-refractivity contribution in [2.24, 2.45) is 5.73 Å². The third-order valence-electron chi connectivity index (χ3n) is 3.40. The maximum atomic E-state index is 14.2. The highest BCUT2D eigenvalue weighted by molar-refractivity contribution is 9.10. The van der Waals surface area contributed by atoms with E-state index in [1.165, 1.54) is 18.2 Å². The Bertz CT molecular complexity index is 619. The van der Waals surface area contributed by atoms with Gasteiger partial charge in [-0.15, -0.1) is 0 Å². The van der Waals surface area contributed by atoms with Gasteiger partial charge in [0, 0.05) is 28.8 Å². The summed E-state index contributed by atoms with van der Waals surface area (Å²) in [6.45, 7) is 2.77. The lowest BCUT2D eigenvalue weighted by Crippen LogP contribution is -2.34. The Hall–Kier alpha value is -1.46. The molecule has 0 saturated carbocycles. The number of halogens is 3. The maximum Gasteiger partial charge on any atom is 0.129 e. The number of hydrogen-bond donors (Lipinski definition) is 1. The first-order chi connectivity index (χ1) is 10.1. The first-order valence-electron chi connectivity index (χ1n) is 6.74. The van der Waals surface area contributed by atoms with Crippen LogP contribution in [0.5, 0.6) is 0 Å². The van der Waals surface area contributed by atoms with Gasteiger partial charge in [-0.3, -0.25) is 0 Å². The summed E-state index contributed by atoms with van der Waals surface area (Å²) in [5.74, 6) is -0.646. The lowest BCUT2D eigenvalue weighted by atomic mass is 10.0. The Morgan fingerprint density at radius 3 is 2.52 bits per heavy atom. The summed E-state index contributed by atoms with van der Waals surface area (Å²) in [6, 6.07) is 10.8. The zero-order valence-electron chi connectivity index (χ0n) is 11.7. The van der Waals surface area contributed by atoms with E-state index in [0.29, 0.717) is 22.3 Å². The minimum atomic E-state index is -0.343. The molecule has 21 heavy (non-hydrogen) atoms. The molecular weight excluding hydrogens is 338 g/mol. The van der Waals surface area contributed by atoms with Crippen LogP contribution in [0.3, 0.4) is 0 Å². The van der Waals surface area contributed by atoms with Crippen LogP contribution in [0.25, 0.3) is 0 Å². The van der Waals surface area contributed by atoms with Crippen molar-refractivity contribution in [3.8, 4) is 0 Å². The molecule has 1 atom stereocenters. The Kier molecular flexibility index (Phi) is 5.31. The van der Waals surface area contributed by atoms with E-state index >= 15 is 0 Å². The Balaban J connectivity index is 2.42.